The molecule has 2 aromatic carbocycles. The van der Waals surface area contributed by atoms with Crippen molar-refractivity contribution in [3.05, 3.63) is 81.3 Å². The minimum Gasteiger partial charge on any atom is -0.451 e. The van der Waals surface area contributed by atoms with Crippen molar-refractivity contribution in [2.45, 2.75) is 70.8 Å². The van der Waals surface area contributed by atoms with Crippen LogP contribution in [0.2, 0.25) is 5.02 Å². The summed E-state index contributed by atoms with van der Waals surface area (Å²) in [6, 6.07) is 9.53. The van der Waals surface area contributed by atoms with Crippen molar-refractivity contribution in [3.8, 4) is 17.1 Å². The van der Waals surface area contributed by atoms with E-state index in [1.54, 1.807) is 20.8 Å². The number of halogens is 7. The summed E-state index contributed by atoms with van der Waals surface area (Å²) in [7, 11) is 0. The van der Waals surface area contributed by atoms with Crippen LogP contribution in [0, 0.1) is 0 Å². The lowest BCUT2D eigenvalue weighted by molar-refractivity contribution is -0.224. The van der Waals surface area contributed by atoms with Gasteiger partial charge in [0.25, 0.3) is 5.91 Å². The van der Waals surface area contributed by atoms with E-state index in [0.29, 0.717) is 13.9 Å². The third-order valence-corrected chi connectivity index (χ3v) is 7.09. The maximum atomic E-state index is 14.2. The summed E-state index contributed by atoms with van der Waals surface area (Å²) < 4.78 is 95.5. The van der Waals surface area contributed by atoms with E-state index in [4.69, 9.17) is 26.8 Å². The molecule has 4 aromatic rings. The zero-order chi connectivity index (χ0) is 38.6. The standard InChI is InChI=1S/C31H31ClF6N8O6/c1-29(2,3)52-27(49)40-14-6-9-23(47)51-21(31(36,37)38)15-44-25(17-10-12-18(32)13-11-17)43-45(28(44)50)16-22-41-26(24(39)48)46(42-22)20-8-5-4-7-19(20)30(33,34)35/h4-5,7-8,10-13,21H,6,9,14-16H2,1-3H3,(H2,39,48)(H,40,49)/t21-/m0/s1. The van der Waals surface area contributed by atoms with Gasteiger partial charge in [-0.2, -0.15) is 26.3 Å². The molecule has 0 aliphatic heterocycles. The predicted octanol–water partition coefficient (Wildman–Crippen LogP) is 4.89. The van der Waals surface area contributed by atoms with Crippen molar-refractivity contribution < 1.29 is 50.2 Å². The molecule has 52 heavy (non-hydrogen) atoms. The average Bonchev–Trinajstić information content (AvgIpc) is 3.59. The summed E-state index contributed by atoms with van der Waals surface area (Å²) in [5.41, 5.74) is 1.68. The predicted molar refractivity (Wildman–Crippen MR) is 170 cm³/mol. The normalized spacial score (nSPS) is 12.7. The second-order valence-corrected chi connectivity index (χ2v) is 12.5. The molecule has 0 unspecified atom stereocenters. The molecule has 0 saturated carbocycles. The van der Waals surface area contributed by atoms with E-state index in [1.807, 2.05) is 0 Å². The van der Waals surface area contributed by atoms with Gasteiger partial charge in [-0.15, -0.1) is 10.2 Å². The number of esters is 1. The van der Waals surface area contributed by atoms with Gasteiger partial charge < -0.3 is 20.5 Å². The van der Waals surface area contributed by atoms with Crippen molar-refractivity contribution in [2.24, 2.45) is 5.73 Å². The van der Waals surface area contributed by atoms with Gasteiger partial charge in [-0.3, -0.25) is 14.2 Å². The van der Waals surface area contributed by atoms with Gasteiger partial charge >= 0.3 is 30.1 Å². The number of carbonyl (C=O) groups excluding carboxylic acids is 3. The summed E-state index contributed by atoms with van der Waals surface area (Å²) in [5.74, 6) is -4.08. The molecule has 280 valence electrons. The molecule has 0 spiro atoms. The molecule has 14 nitrogen and oxygen atoms in total. The van der Waals surface area contributed by atoms with Crippen LogP contribution in [0.25, 0.3) is 17.1 Å². The number of ether oxygens (including phenoxy) is 2. The van der Waals surface area contributed by atoms with E-state index >= 15 is 0 Å². The highest BCUT2D eigenvalue weighted by Crippen LogP contribution is 2.34. The Morgan fingerprint density at radius 1 is 0.981 bits per heavy atom. The van der Waals surface area contributed by atoms with Gasteiger partial charge in [0.05, 0.1) is 17.8 Å². The summed E-state index contributed by atoms with van der Waals surface area (Å²) in [4.78, 5) is 53.9. The van der Waals surface area contributed by atoms with Crippen LogP contribution >= 0.6 is 11.6 Å². The summed E-state index contributed by atoms with van der Waals surface area (Å²) in [6.07, 6.45) is -14.3. The zero-order valence-electron chi connectivity index (χ0n) is 27.6. The molecular weight excluding hydrogens is 730 g/mol. The number of hydrogen-bond acceptors (Lipinski definition) is 9. The third kappa shape index (κ3) is 10.1. The quantitative estimate of drug-likeness (QED) is 0.116. The van der Waals surface area contributed by atoms with E-state index < -0.39 is 90.1 Å². The molecule has 3 N–H and O–H groups in total. The Hall–Kier alpha value is -5.40. The number of alkyl halides is 6. The largest absolute Gasteiger partial charge is 0.451 e. The summed E-state index contributed by atoms with van der Waals surface area (Å²) in [5, 5.41) is 10.7. The highest BCUT2D eigenvalue weighted by Gasteiger charge is 2.44. The molecule has 21 heteroatoms. The van der Waals surface area contributed by atoms with Crippen LogP contribution in [-0.2, 0) is 33.5 Å². The molecule has 0 aliphatic carbocycles. The van der Waals surface area contributed by atoms with Crippen LogP contribution in [-0.4, -0.2) is 71.5 Å². The smallest absolute Gasteiger partial charge is 0.427 e. The van der Waals surface area contributed by atoms with Crippen LogP contribution in [0.5, 0.6) is 0 Å². The Morgan fingerprint density at radius 3 is 2.23 bits per heavy atom. The Bertz CT molecular complexity index is 1980. The molecule has 0 saturated heterocycles. The van der Waals surface area contributed by atoms with Crippen LogP contribution in [0.3, 0.4) is 0 Å². The third-order valence-electron chi connectivity index (χ3n) is 6.84. The van der Waals surface area contributed by atoms with E-state index in [1.165, 1.54) is 30.3 Å². The number of alkyl carbamates (subject to hydrolysis) is 1. The lowest BCUT2D eigenvalue weighted by atomic mass is 10.1. The minimum atomic E-state index is -5.17. The molecule has 2 aromatic heterocycles. The Kier molecular flexibility index (Phi) is 11.7. The molecule has 0 radical (unpaired) electrons. The first-order valence-electron chi connectivity index (χ1n) is 15.2. The second-order valence-electron chi connectivity index (χ2n) is 12.1. The minimum absolute atomic E-state index is 0.100. The van der Waals surface area contributed by atoms with Gasteiger partial charge in [0, 0.05) is 23.6 Å². The van der Waals surface area contributed by atoms with Gasteiger partial charge in [-0.25, -0.2) is 23.9 Å². The first-order chi connectivity index (χ1) is 24.1. The molecule has 2 amide bonds. The Balaban J connectivity index is 1.65. The Labute approximate surface area is 295 Å². The van der Waals surface area contributed by atoms with Gasteiger partial charge in [0.15, 0.2) is 11.6 Å². The molecule has 0 bridgehead atoms. The number of aromatic nitrogens is 6. The maximum absolute atomic E-state index is 14.2. The maximum Gasteiger partial charge on any atom is 0.427 e. The lowest BCUT2D eigenvalue weighted by Crippen LogP contribution is -2.40. The summed E-state index contributed by atoms with van der Waals surface area (Å²) in [6.45, 7) is 2.75. The average molecular weight is 761 g/mol. The van der Waals surface area contributed by atoms with Gasteiger partial charge in [0.2, 0.25) is 11.9 Å². The van der Waals surface area contributed by atoms with Crippen LogP contribution in [0.15, 0.2) is 53.3 Å². The number of amides is 2. The molecule has 4 rings (SSSR count). The van der Waals surface area contributed by atoms with E-state index in [2.05, 4.69) is 20.5 Å². The van der Waals surface area contributed by atoms with E-state index in [-0.39, 0.29) is 29.4 Å². The SMILES string of the molecule is CC(C)(C)OC(=O)NCCCC(=O)O[C@@H](Cn1c(-c2ccc(Cl)cc2)nn(Cc2nc(C(N)=O)n(-c3ccccc3C(F)(F)F)n2)c1=O)C(F)(F)F. The summed E-state index contributed by atoms with van der Waals surface area (Å²) >= 11 is 5.96. The first kappa shape index (κ1) is 39.4. The fraction of sp³-hybridized carbons (Fsp3) is 0.387. The van der Waals surface area contributed by atoms with Crippen LogP contribution in [0.1, 0.15) is 55.6 Å². The molecule has 0 fully saturated rings. The Morgan fingerprint density at radius 2 is 1.63 bits per heavy atom. The van der Waals surface area contributed by atoms with Gasteiger partial charge in [0.1, 0.15) is 12.1 Å². The number of para-hydroxylation sites is 1. The number of carbonyl (C=O) groups is 3. The van der Waals surface area contributed by atoms with Crippen LogP contribution in [0.4, 0.5) is 31.1 Å². The van der Waals surface area contributed by atoms with Crippen molar-refractivity contribution >= 4 is 29.6 Å². The number of nitrogens with zero attached hydrogens (tertiary/aromatic N) is 6. The topological polar surface area (TPSA) is 178 Å². The second kappa shape index (κ2) is 15.5. The van der Waals surface area contributed by atoms with Crippen LogP contribution < -0.4 is 16.7 Å². The molecule has 0 aliphatic rings. The monoisotopic (exact) mass is 760 g/mol. The zero-order valence-corrected chi connectivity index (χ0v) is 28.3. The number of primary amides is 1. The molecular formula is C31H31ClF6N8O6. The van der Waals surface area contributed by atoms with Crippen molar-refractivity contribution in [1.82, 2.24) is 34.4 Å². The van der Waals surface area contributed by atoms with E-state index in [9.17, 15) is 45.5 Å². The lowest BCUT2D eigenvalue weighted by Gasteiger charge is -2.21. The van der Waals surface area contributed by atoms with Gasteiger partial charge in [-0.1, -0.05) is 23.7 Å². The molecule has 1 atom stereocenters. The van der Waals surface area contributed by atoms with E-state index in [0.717, 1.165) is 18.2 Å². The van der Waals surface area contributed by atoms with Crippen molar-refractivity contribution in [2.75, 3.05) is 6.54 Å². The highest BCUT2D eigenvalue weighted by molar-refractivity contribution is 6.30. The number of benzene rings is 2. The number of nitrogens with one attached hydrogen (secondary N) is 1. The van der Waals surface area contributed by atoms with Crippen molar-refractivity contribution in [3.63, 3.8) is 0 Å². The first-order valence-corrected chi connectivity index (χ1v) is 15.6. The fourth-order valence-corrected chi connectivity index (χ4v) is 4.76. The van der Waals surface area contributed by atoms with Crippen molar-refractivity contribution in [1.29, 1.82) is 0 Å². The number of rotatable bonds is 12. The fourth-order valence-electron chi connectivity index (χ4n) is 4.63. The van der Waals surface area contributed by atoms with Gasteiger partial charge in [-0.05, 0) is 63.6 Å². The highest BCUT2D eigenvalue weighted by atomic mass is 35.5. The number of nitrogens with two attached hydrogens (primary N) is 1. The molecule has 2 heterocycles. The number of hydrogen-bond donors (Lipinski definition) is 2.